The molecule has 0 aromatic heterocycles. The van der Waals surface area contributed by atoms with Gasteiger partial charge in [0.15, 0.2) is 5.78 Å². The Morgan fingerprint density at radius 1 is 1.62 bits per heavy atom. The Labute approximate surface area is 74.9 Å². The summed E-state index contributed by atoms with van der Waals surface area (Å²) in [5.41, 5.74) is 0.212. The number of nitrogens with zero attached hydrogens (tertiary/aromatic N) is 1. The lowest BCUT2D eigenvalue weighted by molar-refractivity contribution is 0.104. The van der Waals surface area contributed by atoms with Gasteiger partial charge in [0.1, 0.15) is 11.9 Å². The topological polar surface area (TPSA) is 40.9 Å². The SMILES string of the molecule is C=CC(=O)c1ccc(F)cc1C#N. The van der Waals surface area contributed by atoms with Crippen molar-refractivity contribution in [3.05, 3.63) is 47.8 Å². The van der Waals surface area contributed by atoms with Gasteiger partial charge >= 0.3 is 0 Å². The fraction of sp³-hybridized carbons (Fsp3) is 0. The van der Waals surface area contributed by atoms with Crippen molar-refractivity contribution in [3.63, 3.8) is 0 Å². The monoisotopic (exact) mass is 175 g/mol. The molecule has 0 aliphatic rings. The van der Waals surface area contributed by atoms with E-state index in [2.05, 4.69) is 6.58 Å². The van der Waals surface area contributed by atoms with Gasteiger partial charge < -0.3 is 0 Å². The highest BCUT2D eigenvalue weighted by molar-refractivity contribution is 6.05. The van der Waals surface area contributed by atoms with Crippen LogP contribution in [0.25, 0.3) is 0 Å². The first-order chi connectivity index (χ1) is 6.19. The smallest absolute Gasteiger partial charge is 0.186 e. The summed E-state index contributed by atoms with van der Waals surface area (Å²) in [6, 6.07) is 5.18. The number of benzene rings is 1. The van der Waals surface area contributed by atoms with Crippen molar-refractivity contribution in [3.8, 4) is 6.07 Å². The average molecular weight is 175 g/mol. The van der Waals surface area contributed by atoms with Gasteiger partial charge in [-0.25, -0.2) is 4.39 Å². The number of ketones is 1. The van der Waals surface area contributed by atoms with Gasteiger partial charge in [-0.3, -0.25) is 4.79 Å². The highest BCUT2D eigenvalue weighted by Crippen LogP contribution is 2.11. The zero-order valence-corrected chi connectivity index (χ0v) is 6.75. The minimum absolute atomic E-state index is 0.0323. The number of halogens is 1. The van der Waals surface area contributed by atoms with Gasteiger partial charge in [0.2, 0.25) is 0 Å². The van der Waals surface area contributed by atoms with E-state index in [1.165, 1.54) is 6.07 Å². The molecular formula is C10H6FNO. The molecule has 1 aromatic rings. The molecule has 0 spiro atoms. The van der Waals surface area contributed by atoms with E-state index in [1.54, 1.807) is 6.07 Å². The molecule has 0 saturated heterocycles. The molecule has 1 rings (SSSR count). The van der Waals surface area contributed by atoms with Crippen LogP contribution in [0.5, 0.6) is 0 Å². The predicted molar refractivity (Wildman–Crippen MR) is 45.6 cm³/mol. The molecule has 0 N–H and O–H groups in total. The number of nitriles is 1. The summed E-state index contributed by atoms with van der Waals surface area (Å²) in [4.78, 5) is 11.1. The molecule has 0 atom stereocenters. The van der Waals surface area contributed by atoms with Gasteiger partial charge in [-0.1, -0.05) is 6.58 Å². The van der Waals surface area contributed by atoms with E-state index >= 15 is 0 Å². The lowest BCUT2D eigenvalue weighted by atomic mass is 10.0. The van der Waals surface area contributed by atoms with Gasteiger partial charge in [-0.2, -0.15) is 5.26 Å². The Morgan fingerprint density at radius 3 is 2.85 bits per heavy atom. The maximum Gasteiger partial charge on any atom is 0.186 e. The Balaban J connectivity index is 3.31. The Hall–Kier alpha value is -1.95. The molecule has 0 unspecified atom stereocenters. The van der Waals surface area contributed by atoms with Crippen LogP contribution in [-0.4, -0.2) is 5.78 Å². The second-order valence-electron chi connectivity index (χ2n) is 2.37. The molecule has 0 saturated carbocycles. The van der Waals surface area contributed by atoms with Gasteiger partial charge in [-0.15, -0.1) is 0 Å². The standard InChI is InChI=1S/C10H6FNO/c1-2-10(13)9-4-3-8(11)5-7(9)6-12/h2-5H,1H2. The van der Waals surface area contributed by atoms with Crippen LogP contribution in [0, 0.1) is 17.1 Å². The van der Waals surface area contributed by atoms with Crippen LogP contribution >= 0.6 is 0 Å². The molecule has 0 radical (unpaired) electrons. The van der Waals surface area contributed by atoms with E-state index in [0.29, 0.717) is 0 Å². The molecular weight excluding hydrogens is 169 g/mol. The Morgan fingerprint density at radius 2 is 2.31 bits per heavy atom. The lowest BCUT2D eigenvalue weighted by Crippen LogP contribution is -1.98. The fourth-order valence-corrected chi connectivity index (χ4v) is 0.934. The highest BCUT2D eigenvalue weighted by atomic mass is 19.1. The van der Waals surface area contributed by atoms with Crippen LogP contribution in [0.1, 0.15) is 15.9 Å². The lowest BCUT2D eigenvalue weighted by Gasteiger charge is -1.98. The minimum atomic E-state index is -0.530. The molecule has 2 nitrogen and oxygen atoms in total. The quantitative estimate of drug-likeness (QED) is 0.510. The first kappa shape index (κ1) is 9.14. The van der Waals surface area contributed by atoms with Gasteiger partial charge in [0.25, 0.3) is 0 Å². The highest BCUT2D eigenvalue weighted by Gasteiger charge is 2.08. The molecule has 0 amide bonds. The third kappa shape index (κ3) is 1.79. The number of allylic oxidation sites excluding steroid dienone is 1. The fourth-order valence-electron chi connectivity index (χ4n) is 0.934. The molecule has 1 aromatic carbocycles. The molecule has 13 heavy (non-hydrogen) atoms. The number of rotatable bonds is 2. The van der Waals surface area contributed by atoms with Crippen LogP contribution < -0.4 is 0 Å². The van der Waals surface area contributed by atoms with Crippen LogP contribution in [0.4, 0.5) is 4.39 Å². The summed E-state index contributed by atoms with van der Waals surface area (Å²) >= 11 is 0. The van der Waals surface area contributed by atoms with Gasteiger partial charge in [0, 0.05) is 5.56 Å². The minimum Gasteiger partial charge on any atom is -0.289 e. The summed E-state index contributed by atoms with van der Waals surface area (Å²) in [5, 5.41) is 8.58. The molecule has 0 aliphatic heterocycles. The third-order valence-corrected chi connectivity index (χ3v) is 1.55. The normalized spacial score (nSPS) is 8.92. The van der Waals surface area contributed by atoms with Crippen molar-refractivity contribution < 1.29 is 9.18 Å². The number of hydrogen-bond donors (Lipinski definition) is 0. The van der Waals surface area contributed by atoms with Crippen molar-refractivity contribution in [2.75, 3.05) is 0 Å². The largest absolute Gasteiger partial charge is 0.289 e. The summed E-state index contributed by atoms with van der Waals surface area (Å²) in [6.07, 6.45) is 1.09. The molecule has 0 heterocycles. The molecule has 0 fully saturated rings. The maximum atomic E-state index is 12.6. The van der Waals surface area contributed by atoms with Gasteiger partial charge in [-0.05, 0) is 24.3 Å². The summed E-state index contributed by atoms with van der Waals surface area (Å²) in [7, 11) is 0. The molecule has 0 aliphatic carbocycles. The number of carbonyl (C=O) groups is 1. The Bertz CT molecular complexity index is 404. The summed E-state index contributed by atoms with van der Waals surface area (Å²) < 4.78 is 12.6. The summed E-state index contributed by atoms with van der Waals surface area (Å²) in [6.45, 7) is 3.28. The van der Waals surface area contributed by atoms with E-state index < -0.39 is 5.82 Å². The summed E-state index contributed by atoms with van der Waals surface area (Å²) in [5.74, 6) is -0.909. The molecule has 3 heteroatoms. The zero-order valence-electron chi connectivity index (χ0n) is 6.75. The van der Waals surface area contributed by atoms with Gasteiger partial charge in [0.05, 0.1) is 5.56 Å². The van der Waals surface area contributed by atoms with E-state index in [-0.39, 0.29) is 16.9 Å². The zero-order chi connectivity index (χ0) is 9.84. The van der Waals surface area contributed by atoms with E-state index in [4.69, 9.17) is 5.26 Å². The van der Waals surface area contributed by atoms with Crippen molar-refractivity contribution in [1.82, 2.24) is 0 Å². The number of carbonyl (C=O) groups excluding carboxylic acids is 1. The average Bonchev–Trinajstić information content (AvgIpc) is 2.16. The molecule has 64 valence electrons. The first-order valence-electron chi connectivity index (χ1n) is 3.55. The van der Waals surface area contributed by atoms with Crippen molar-refractivity contribution in [2.45, 2.75) is 0 Å². The van der Waals surface area contributed by atoms with Crippen LogP contribution in [-0.2, 0) is 0 Å². The van der Waals surface area contributed by atoms with Crippen molar-refractivity contribution in [1.29, 1.82) is 5.26 Å². The third-order valence-electron chi connectivity index (χ3n) is 1.55. The second-order valence-corrected chi connectivity index (χ2v) is 2.37. The van der Waals surface area contributed by atoms with Crippen LogP contribution in [0.15, 0.2) is 30.9 Å². The van der Waals surface area contributed by atoms with E-state index in [0.717, 1.165) is 18.2 Å². The predicted octanol–water partition coefficient (Wildman–Crippen LogP) is 2.07. The van der Waals surface area contributed by atoms with Crippen molar-refractivity contribution >= 4 is 5.78 Å². The first-order valence-corrected chi connectivity index (χ1v) is 3.55. The van der Waals surface area contributed by atoms with Crippen LogP contribution in [0.2, 0.25) is 0 Å². The maximum absolute atomic E-state index is 12.6. The van der Waals surface area contributed by atoms with E-state index in [1.807, 2.05) is 0 Å². The number of hydrogen-bond acceptors (Lipinski definition) is 2. The second kappa shape index (κ2) is 3.63. The van der Waals surface area contributed by atoms with Crippen LogP contribution in [0.3, 0.4) is 0 Å². The molecule has 0 bridgehead atoms. The van der Waals surface area contributed by atoms with E-state index in [9.17, 15) is 9.18 Å². The van der Waals surface area contributed by atoms with Crippen molar-refractivity contribution in [2.24, 2.45) is 0 Å². The Kier molecular flexibility index (Phi) is 2.56.